The number of ether oxygens (including phenoxy) is 1. The molecule has 4 rings (SSSR count). The maximum absolute atomic E-state index is 12.2. The van der Waals surface area contributed by atoms with Crippen LogP contribution < -0.4 is 4.90 Å². The van der Waals surface area contributed by atoms with Gasteiger partial charge in [-0.15, -0.1) is 11.3 Å². The number of amides is 1. The molecular weight excluding hydrogens is 445 g/mol. The van der Waals surface area contributed by atoms with Crippen molar-refractivity contribution in [1.29, 1.82) is 0 Å². The number of hydrogen-bond acceptors (Lipinski definition) is 6. The SMILES string of the molecule is CC(=O)N(c1cccc(Cl)c1)c1nc(C=C2N=C(c3ccccc3Cl)OC2=O)cs1. The summed E-state index contributed by atoms with van der Waals surface area (Å²) in [4.78, 5) is 34.6. The molecule has 1 amide bonds. The predicted octanol–water partition coefficient (Wildman–Crippen LogP) is 5.48. The molecule has 1 aromatic heterocycles. The number of carbonyl (C=O) groups is 2. The van der Waals surface area contributed by atoms with Gasteiger partial charge in [-0.05, 0) is 36.4 Å². The van der Waals surface area contributed by atoms with Gasteiger partial charge in [0.25, 0.3) is 0 Å². The first-order chi connectivity index (χ1) is 14.4. The van der Waals surface area contributed by atoms with Gasteiger partial charge in [0, 0.05) is 17.3 Å². The van der Waals surface area contributed by atoms with Gasteiger partial charge in [0.05, 0.1) is 22.0 Å². The summed E-state index contributed by atoms with van der Waals surface area (Å²) in [5, 5.41) is 3.10. The highest BCUT2D eigenvalue weighted by Gasteiger charge is 2.26. The van der Waals surface area contributed by atoms with Crippen molar-refractivity contribution in [2.24, 2.45) is 4.99 Å². The minimum Gasteiger partial charge on any atom is -0.402 e. The van der Waals surface area contributed by atoms with E-state index >= 15 is 0 Å². The summed E-state index contributed by atoms with van der Waals surface area (Å²) in [5.41, 5.74) is 1.69. The Morgan fingerprint density at radius 3 is 2.70 bits per heavy atom. The lowest BCUT2D eigenvalue weighted by Crippen LogP contribution is -2.22. The summed E-state index contributed by atoms with van der Waals surface area (Å²) < 4.78 is 5.24. The lowest BCUT2D eigenvalue weighted by Gasteiger charge is -2.18. The highest BCUT2D eigenvalue weighted by Crippen LogP contribution is 2.31. The summed E-state index contributed by atoms with van der Waals surface area (Å²) in [7, 11) is 0. The molecule has 1 aliphatic rings. The second-order valence-electron chi connectivity index (χ2n) is 6.21. The van der Waals surface area contributed by atoms with Gasteiger partial charge in [0.15, 0.2) is 10.8 Å². The molecule has 0 N–H and O–H groups in total. The average Bonchev–Trinajstić information content (AvgIpc) is 3.29. The third kappa shape index (κ3) is 4.14. The fraction of sp³-hybridized carbons (Fsp3) is 0.0476. The van der Waals surface area contributed by atoms with Crippen LogP contribution in [0.1, 0.15) is 18.2 Å². The molecule has 0 unspecified atom stereocenters. The smallest absolute Gasteiger partial charge is 0.363 e. The Morgan fingerprint density at radius 1 is 1.17 bits per heavy atom. The Labute approximate surface area is 186 Å². The van der Waals surface area contributed by atoms with E-state index in [0.717, 1.165) is 0 Å². The van der Waals surface area contributed by atoms with Crippen LogP contribution in [0.4, 0.5) is 10.8 Å². The molecule has 0 bridgehead atoms. The number of hydrogen-bond donors (Lipinski definition) is 0. The molecule has 0 saturated heterocycles. The Bertz CT molecular complexity index is 1220. The summed E-state index contributed by atoms with van der Waals surface area (Å²) >= 11 is 13.5. The number of anilines is 2. The molecular formula is C21H13Cl2N3O3S. The number of carbonyl (C=O) groups excluding carboxylic acids is 2. The standard InChI is InChI=1S/C21H13Cl2N3O3S/c1-12(27)26(15-6-4-5-13(22)9-15)21-24-14(11-30-21)10-18-20(28)29-19(25-18)16-7-2-3-8-17(16)23/h2-11H,1H3. The molecule has 2 aromatic carbocycles. The Kier molecular flexibility index (Phi) is 5.67. The van der Waals surface area contributed by atoms with Crippen LogP contribution in [0.2, 0.25) is 10.0 Å². The lowest BCUT2D eigenvalue weighted by atomic mass is 10.2. The van der Waals surface area contributed by atoms with E-state index in [0.29, 0.717) is 32.1 Å². The molecule has 0 aliphatic carbocycles. The van der Waals surface area contributed by atoms with Crippen molar-refractivity contribution in [2.45, 2.75) is 6.92 Å². The molecule has 2 heterocycles. The molecule has 0 saturated carbocycles. The van der Waals surface area contributed by atoms with E-state index in [1.807, 2.05) is 0 Å². The van der Waals surface area contributed by atoms with Gasteiger partial charge in [-0.3, -0.25) is 9.69 Å². The van der Waals surface area contributed by atoms with Crippen LogP contribution in [-0.2, 0) is 14.3 Å². The number of nitrogens with zero attached hydrogens (tertiary/aromatic N) is 3. The van der Waals surface area contributed by atoms with Crippen LogP contribution in [0.5, 0.6) is 0 Å². The molecule has 0 spiro atoms. The van der Waals surface area contributed by atoms with Gasteiger partial charge >= 0.3 is 5.97 Å². The van der Waals surface area contributed by atoms with E-state index in [4.69, 9.17) is 27.9 Å². The maximum Gasteiger partial charge on any atom is 0.363 e. The fourth-order valence-electron chi connectivity index (χ4n) is 2.79. The first-order valence-corrected chi connectivity index (χ1v) is 10.3. The van der Waals surface area contributed by atoms with E-state index in [1.165, 1.54) is 29.2 Å². The van der Waals surface area contributed by atoms with Gasteiger partial charge < -0.3 is 4.74 Å². The number of benzene rings is 2. The summed E-state index contributed by atoms with van der Waals surface area (Å²) in [5.74, 6) is -0.681. The quantitative estimate of drug-likeness (QED) is 0.384. The highest BCUT2D eigenvalue weighted by atomic mass is 35.5. The number of cyclic esters (lactones) is 1. The number of rotatable bonds is 4. The average molecular weight is 458 g/mol. The molecule has 0 fully saturated rings. The monoisotopic (exact) mass is 457 g/mol. The minimum atomic E-state index is -0.599. The predicted molar refractivity (Wildman–Crippen MR) is 118 cm³/mol. The molecule has 9 heteroatoms. The second-order valence-corrected chi connectivity index (χ2v) is 7.89. The van der Waals surface area contributed by atoms with Crippen molar-refractivity contribution in [3.63, 3.8) is 0 Å². The third-order valence-corrected chi connectivity index (χ3v) is 5.50. The van der Waals surface area contributed by atoms with Gasteiger partial charge in [-0.2, -0.15) is 0 Å². The largest absolute Gasteiger partial charge is 0.402 e. The van der Waals surface area contributed by atoms with Crippen molar-refractivity contribution in [3.8, 4) is 0 Å². The number of halogens is 2. The number of thiazole rings is 1. The van der Waals surface area contributed by atoms with E-state index in [9.17, 15) is 9.59 Å². The minimum absolute atomic E-state index is 0.0962. The zero-order valence-corrected chi connectivity index (χ0v) is 17.8. The summed E-state index contributed by atoms with van der Waals surface area (Å²) in [6.07, 6.45) is 1.50. The van der Waals surface area contributed by atoms with Crippen molar-refractivity contribution in [1.82, 2.24) is 4.98 Å². The van der Waals surface area contributed by atoms with Crippen molar-refractivity contribution in [3.05, 3.63) is 80.9 Å². The van der Waals surface area contributed by atoms with Crippen LogP contribution in [0, 0.1) is 0 Å². The zero-order chi connectivity index (χ0) is 21.3. The van der Waals surface area contributed by atoms with Gasteiger partial charge in [0.1, 0.15) is 0 Å². The van der Waals surface area contributed by atoms with Gasteiger partial charge in [-0.25, -0.2) is 14.8 Å². The van der Waals surface area contributed by atoms with Crippen molar-refractivity contribution >= 4 is 69.2 Å². The van der Waals surface area contributed by atoms with Crippen LogP contribution in [0.25, 0.3) is 6.08 Å². The first kappa shape index (κ1) is 20.3. The second kappa shape index (κ2) is 8.39. The van der Waals surface area contributed by atoms with Gasteiger partial charge in [0.2, 0.25) is 11.8 Å². The molecule has 6 nitrogen and oxygen atoms in total. The van der Waals surface area contributed by atoms with Crippen molar-refractivity contribution < 1.29 is 14.3 Å². The zero-order valence-electron chi connectivity index (χ0n) is 15.5. The van der Waals surface area contributed by atoms with E-state index in [1.54, 1.807) is 53.9 Å². The Hall–Kier alpha value is -3.00. The molecule has 150 valence electrons. The summed E-state index contributed by atoms with van der Waals surface area (Å²) in [6.45, 7) is 1.44. The Balaban J connectivity index is 1.65. The van der Waals surface area contributed by atoms with E-state index < -0.39 is 5.97 Å². The number of esters is 1. The molecule has 3 aromatic rings. The van der Waals surface area contributed by atoms with E-state index in [2.05, 4.69) is 9.98 Å². The molecule has 1 aliphatic heterocycles. The normalized spacial score (nSPS) is 14.6. The van der Waals surface area contributed by atoms with Crippen LogP contribution in [-0.4, -0.2) is 22.8 Å². The van der Waals surface area contributed by atoms with Crippen LogP contribution in [0.15, 0.2) is 64.6 Å². The number of aliphatic imine (C=N–C) groups is 1. The molecule has 0 atom stereocenters. The van der Waals surface area contributed by atoms with E-state index in [-0.39, 0.29) is 17.5 Å². The summed E-state index contributed by atoms with van der Waals surface area (Å²) in [6, 6.07) is 13.9. The maximum atomic E-state index is 12.2. The van der Waals surface area contributed by atoms with Gasteiger partial charge in [-0.1, -0.05) is 41.4 Å². The Morgan fingerprint density at radius 2 is 1.97 bits per heavy atom. The lowest BCUT2D eigenvalue weighted by molar-refractivity contribution is -0.130. The highest BCUT2D eigenvalue weighted by molar-refractivity contribution is 7.14. The topological polar surface area (TPSA) is 71.9 Å². The van der Waals surface area contributed by atoms with Crippen LogP contribution in [0.3, 0.4) is 0 Å². The van der Waals surface area contributed by atoms with Crippen molar-refractivity contribution in [2.75, 3.05) is 4.90 Å². The fourth-order valence-corrected chi connectivity index (χ4v) is 4.03. The molecule has 0 radical (unpaired) electrons. The first-order valence-electron chi connectivity index (χ1n) is 8.71. The third-order valence-electron chi connectivity index (χ3n) is 4.09. The molecule has 30 heavy (non-hydrogen) atoms. The number of aromatic nitrogens is 1. The van der Waals surface area contributed by atoms with Crippen LogP contribution >= 0.6 is 34.5 Å².